The SMILES string of the molecule is CCc1ccc(OCc2nnc(SCC(=O)Nc3ccc(OC)cc3)n2Cc2ccccc2)cc1. The molecule has 0 radical (unpaired) electrons. The summed E-state index contributed by atoms with van der Waals surface area (Å²) < 4.78 is 13.1. The van der Waals surface area contributed by atoms with Crippen molar-refractivity contribution in [2.75, 3.05) is 18.2 Å². The van der Waals surface area contributed by atoms with Gasteiger partial charge in [0.2, 0.25) is 5.91 Å². The van der Waals surface area contributed by atoms with E-state index in [-0.39, 0.29) is 18.3 Å². The van der Waals surface area contributed by atoms with Crippen molar-refractivity contribution in [3.8, 4) is 11.5 Å². The molecule has 0 aliphatic rings. The third kappa shape index (κ3) is 6.86. The van der Waals surface area contributed by atoms with E-state index in [1.54, 1.807) is 19.2 Å². The van der Waals surface area contributed by atoms with Crippen molar-refractivity contribution in [1.29, 1.82) is 0 Å². The number of nitrogens with one attached hydrogen (secondary N) is 1. The molecule has 0 atom stereocenters. The van der Waals surface area contributed by atoms with Crippen LogP contribution in [0.5, 0.6) is 11.5 Å². The van der Waals surface area contributed by atoms with Crippen LogP contribution >= 0.6 is 11.8 Å². The zero-order chi connectivity index (χ0) is 24.5. The molecule has 3 aromatic carbocycles. The molecule has 1 amide bonds. The van der Waals surface area contributed by atoms with E-state index >= 15 is 0 Å². The van der Waals surface area contributed by atoms with E-state index in [4.69, 9.17) is 9.47 Å². The number of aryl methyl sites for hydroxylation is 1. The predicted octanol–water partition coefficient (Wildman–Crippen LogP) is 5.21. The minimum atomic E-state index is -0.122. The number of carbonyl (C=O) groups excluding carboxylic acids is 1. The number of anilines is 1. The molecule has 7 nitrogen and oxygen atoms in total. The highest BCUT2D eigenvalue weighted by molar-refractivity contribution is 7.99. The number of rotatable bonds is 11. The summed E-state index contributed by atoms with van der Waals surface area (Å²) in [6, 6.07) is 25.4. The maximum Gasteiger partial charge on any atom is 0.234 e. The van der Waals surface area contributed by atoms with Gasteiger partial charge in [-0.05, 0) is 53.9 Å². The third-order valence-electron chi connectivity index (χ3n) is 5.38. The Hall–Kier alpha value is -3.78. The van der Waals surface area contributed by atoms with Crippen molar-refractivity contribution in [3.63, 3.8) is 0 Å². The predicted molar refractivity (Wildman–Crippen MR) is 138 cm³/mol. The lowest BCUT2D eigenvalue weighted by Gasteiger charge is -2.12. The highest BCUT2D eigenvalue weighted by Crippen LogP contribution is 2.22. The molecular formula is C27H28N4O3S. The van der Waals surface area contributed by atoms with Crippen LogP contribution in [0, 0.1) is 0 Å². The van der Waals surface area contributed by atoms with E-state index in [2.05, 4.69) is 46.7 Å². The van der Waals surface area contributed by atoms with Gasteiger partial charge in [0.25, 0.3) is 0 Å². The number of carbonyl (C=O) groups is 1. The van der Waals surface area contributed by atoms with E-state index in [9.17, 15) is 4.79 Å². The smallest absolute Gasteiger partial charge is 0.234 e. The normalized spacial score (nSPS) is 10.7. The molecule has 0 unspecified atom stereocenters. The fraction of sp³-hybridized carbons (Fsp3) is 0.222. The Labute approximate surface area is 209 Å². The first-order chi connectivity index (χ1) is 17.1. The number of nitrogens with zero attached hydrogens (tertiary/aromatic N) is 3. The second kappa shape index (κ2) is 12.1. The minimum Gasteiger partial charge on any atom is -0.497 e. The molecule has 4 aromatic rings. The molecule has 8 heteroatoms. The molecule has 4 rings (SSSR count). The topological polar surface area (TPSA) is 78.3 Å². The summed E-state index contributed by atoms with van der Waals surface area (Å²) in [5, 5.41) is 12.3. The largest absolute Gasteiger partial charge is 0.497 e. The number of amides is 1. The van der Waals surface area contributed by atoms with Crippen LogP contribution in [-0.2, 0) is 24.4 Å². The summed E-state index contributed by atoms with van der Waals surface area (Å²) >= 11 is 1.35. The second-order valence-corrected chi connectivity index (χ2v) is 8.76. The lowest BCUT2D eigenvalue weighted by molar-refractivity contribution is -0.113. The molecule has 1 aromatic heterocycles. The van der Waals surface area contributed by atoms with Gasteiger partial charge in [-0.15, -0.1) is 10.2 Å². The van der Waals surface area contributed by atoms with Crippen molar-refractivity contribution >= 4 is 23.4 Å². The Balaban J connectivity index is 1.44. The first-order valence-electron chi connectivity index (χ1n) is 11.4. The molecule has 0 aliphatic carbocycles. The van der Waals surface area contributed by atoms with Crippen LogP contribution in [0.3, 0.4) is 0 Å². The van der Waals surface area contributed by atoms with Crippen LogP contribution < -0.4 is 14.8 Å². The first-order valence-corrected chi connectivity index (χ1v) is 12.4. The van der Waals surface area contributed by atoms with Gasteiger partial charge < -0.3 is 14.8 Å². The molecule has 0 saturated heterocycles. The van der Waals surface area contributed by atoms with Gasteiger partial charge in [-0.3, -0.25) is 9.36 Å². The van der Waals surface area contributed by atoms with Gasteiger partial charge in [-0.25, -0.2) is 0 Å². The summed E-state index contributed by atoms with van der Waals surface area (Å²) in [6.07, 6.45) is 0.984. The van der Waals surface area contributed by atoms with Crippen molar-refractivity contribution in [2.45, 2.75) is 31.7 Å². The molecule has 35 heavy (non-hydrogen) atoms. The number of thioether (sulfide) groups is 1. The molecule has 0 fully saturated rings. The molecule has 0 aliphatic heterocycles. The van der Waals surface area contributed by atoms with Gasteiger partial charge in [0.05, 0.1) is 19.4 Å². The molecule has 0 bridgehead atoms. The highest BCUT2D eigenvalue weighted by atomic mass is 32.2. The molecule has 180 valence electrons. The molecular weight excluding hydrogens is 460 g/mol. The van der Waals surface area contributed by atoms with Gasteiger partial charge >= 0.3 is 0 Å². The number of benzene rings is 3. The summed E-state index contributed by atoms with van der Waals surface area (Å²) in [7, 11) is 1.61. The maximum absolute atomic E-state index is 12.5. The van der Waals surface area contributed by atoms with E-state index in [0.717, 1.165) is 23.5 Å². The van der Waals surface area contributed by atoms with Crippen LogP contribution in [0.25, 0.3) is 0 Å². The lowest BCUT2D eigenvalue weighted by Crippen LogP contribution is -2.15. The fourth-order valence-corrected chi connectivity index (χ4v) is 4.18. The Kier molecular flexibility index (Phi) is 8.40. The number of methoxy groups -OCH3 is 1. The Morgan fingerprint density at radius 1 is 0.914 bits per heavy atom. The number of hydrogen-bond donors (Lipinski definition) is 1. The van der Waals surface area contributed by atoms with Crippen molar-refractivity contribution in [3.05, 3.63) is 95.8 Å². The second-order valence-electron chi connectivity index (χ2n) is 7.82. The highest BCUT2D eigenvalue weighted by Gasteiger charge is 2.16. The average Bonchev–Trinajstić information content (AvgIpc) is 3.28. The standard InChI is InChI=1S/C27H28N4O3S/c1-3-20-9-13-24(14-10-20)34-18-25-29-30-27(31(25)17-21-7-5-4-6-8-21)35-19-26(32)28-22-11-15-23(33-2)16-12-22/h4-16H,3,17-19H2,1-2H3,(H,28,32). The van der Waals surface area contributed by atoms with Crippen LogP contribution in [0.4, 0.5) is 5.69 Å². The van der Waals surface area contributed by atoms with Crippen LogP contribution in [0.2, 0.25) is 0 Å². The van der Waals surface area contributed by atoms with Crippen LogP contribution in [0.1, 0.15) is 23.9 Å². The molecule has 0 spiro atoms. The zero-order valence-corrected chi connectivity index (χ0v) is 20.6. The van der Waals surface area contributed by atoms with Gasteiger partial charge in [0.15, 0.2) is 11.0 Å². The van der Waals surface area contributed by atoms with E-state index in [1.165, 1.54) is 17.3 Å². The van der Waals surface area contributed by atoms with Crippen molar-refractivity contribution in [2.24, 2.45) is 0 Å². The number of aromatic nitrogens is 3. The summed E-state index contributed by atoms with van der Waals surface area (Å²) in [5.74, 6) is 2.31. The van der Waals surface area contributed by atoms with Gasteiger partial charge in [0.1, 0.15) is 18.1 Å². The zero-order valence-electron chi connectivity index (χ0n) is 19.8. The van der Waals surface area contributed by atoms with E-state index < -0.39 is 0 Å². The van der Waals surface area contributed by atoms with Crippen molar-refractivity contribution < 1.29 is 14.3 Å². The van der Waals surface area contributed by atoms with Gasteiger partial charge in [0, 0.05) is 5.69 Å². The quantitative estimate of drug-likeness (QED) is 0.292. The molecule has 0 saturated carbocycles. The van der Waals surface area contributed by atoms with Gasteiger partial charge in [-0.2, -0.15) is 0 Å². The minimum absolute atomic E-state index is 0.122. The summed E-state index contributed by atoms with van der Waals surface area (Å²) in [4.78, 5) is 12.5. The van der Waals surface area contributed by atoms with E-state index in [0.29, 0.717) is 23.2 Å². The Bertz CT molecular complexity index is 1230. The average molecular weight is 489 g/mol. The lowest BCUT2D eigenvalue weighted by atomic mass is 10.2. The van der Waals surface area contributed by atoms with Crippen LogP contribution in [0.15, 0.2) is 84.0 Å². The molecule has 1 N–H and O–H groups in total. The van der Waals surface area contributed by atoms with E-state index in [1.807, 2.05) is 47.0 Å². The number of ether oxygens (including phenoxy) is 2. The Morgan fingerprint density at radius 2 is 1.63 bits per heavy atom. The maximum atomic E-state index is 12.5. The summed E-state index contributed by atoms with van der Waals surface area (Å²) in [6.45, 7) is 2.99. The Morgan fingerprint density at radius 3 is 2.31 bits per heavy atom. The third-order valence-corrected chi connectivity index (χ3v) is 6.35. The first kappa shape index (κ1) is 24.3. The molecule has 1 heterocycles. The van der Waals surface area contributed by atoms with Crippen LogP contribution in [-0.4, -0.2) is 33.5 Å². The fourth-order valence-electron chi connectivity index (χ4n) is 3.43. The number of hydrogen-bond acceptors (Lipinski definition) is 6. The van der Waals surface area contributed by atoms with Gasteiger partial charge in [-0.1, -0.05) is 61.2 Å². The monoisotopic (exact) mass is 488 g/mol. The van der Waals surface area contributed by atoms with Crippen molar-refractivity contribution in [1.82, 2.24) is 14.8 Å². The summed E-state index contributed by atoms with van der Waals surface area (Å²) in [5.41, 5.74) is 3.09.